The fraction of sp³-hybridized carbons (Fsp3) is 0.385. The average molecular weight is 263 g/mol. The molecule has 1 aromatic carbocycles. The Balaban J connectivity index is 2.65. The molecule has 0 radical (unpaired) electrons. The number of benzene rings is 1. The molecular weight excluding hydrogens is 246 g/mol. The lowest BCUT2D eigenvalue weighted by Crippen LogP contribution is -2.27. The van der Waals surface area contributed by atoms with Crippen molar-refractivity contribution in [2.45, 2.75) is 26.9 Å². The normalized spacial score (nSPS) is 10.7. The average Bonchev–Trinajstić information content (AvgIpc) is 2.69. The number of methoxy groups -OCH3 is 1. The van der Waals surface area contributed by atoms with Gasteiger partial charge in [-0.3, -0.25) is 0 Å². The van der Waals surface area contributed by atoms with E-state index in [9.17, 15) is 9.59 Å². The highest BCUT2D eigenvalue weighted by atomic mass is 16.5. The summed E-state index contributed by atoms with van der Waals surface area (Å²) < 4.78 is 9.11. The molecule has 0 spiro atoms. The molecule has 0 saturated heterocycles. The van der Waals surface area contributed by atoms with Gasteiger partial charge in [-0.05, 0) is 38.1 Å². The molecule has 102 valence electrons. The maximum atomic E-state index is 12.2. The van der Waals surface area contributed by atoms with E-state index in [1.807, 2.05) is 13.8 Å². The van der Waals surface area contributed by atoms with Crippen LogP contribution in [0.2, 0.25) is 0 Å². The zero-order valence-electron chi connectivity index (χ0n) is 11.3. The summed E-state index contributed by atoms with van der Waals surface area (Å²) in [4.78, 5) is 24.5. The third kappa shape index (κ3) is 2.09. The molecule has 0 aliphatic carbocycles. The third-order valence-electron chi connectivity index (χ3n) is 3.05. The molecule has 2 rings (SSSR count). The molecule has 1 aromatic heterocycles. The maximum Gasteiger partial charge on any atom is 0.351 e. The first-order valence-corrected chi connectivity index (χ1v) is 6.21. The SMILES string of the molecule is CCn1c(=O)n(-c2ccc(OC)cc2)c(=O)n1CC. The van der Waals surface area contributed by atoms with Crippen molar-refractivity contribution < 1.29 is 4.74 Å². The Labute approximate surface area is 110 Å². The zero-order valence-corrected chi connectivity index (χ0v) is 11.3. The number of aromatic nitrogens is 3. The van der Waals surface area contributed by atoms with Gasteiger partial charge in [0.25, 0.3) is 0 Å². The van der Waals surface area contributed by atoms with Crippen molar-refractivity contribution in [1.29, 1.82) is 0 Å². The summed E-state index contributed by atoms with van der Waals surface area (Å²) in [5.41, 5.74) is -0.0933. The Morgan fingerprint density at radius 1 is 0.947 bits per heavy atom. The van der Waals surface area contributed by atoms with Crippen LogP contribution >= 0.6 is 0 Å². The van der Waals surface area contributed by atoms with Gasteiger partial charge in [-0.1, -0.05) is 0 Å². The van der Waals surface area contributed by atoms with Gasteiger partial charge in [0.15, 0.2) is 0 Å². The lowest BCUT2D eigenvalue weighted by Gasteiger charge is -2.01. The third-order valence-corrected chi connectivity index (χ3v) is 3.05. The molecule has 0 unspecified atom stereocenters. The highest BCUT2D eigenvalue weighted by molar-refractivity contribution is 5.37. The first-order valence-electron chi connectivity index (χ1n) is 6.21. The van der Waals surface area contributed by atoms with Crippen LogP contribution in [0.4, 0.5) is 0 Å². The number of hydrogen-bond donors (Lipinski definition) is 0. The molecule has 0 N–H and O–H groups in total. The second-order valence-corrected chi connectivity index (χ2v) is 4.03. The van der Waals surface area contributed by atoms with Crippen molar-refractivity contribution in [1.82, 2.24) is 13.9 Å². The fourth-order valence-corrected chi connectivity index (χ4v) is 2.08. The molecule has 0 aliphatic heterocycles. The van der Waals surface area contributed by atoms with Crippen LogP contribution in [0.5, 0.6) is 5.75 Å². The summed E-state index contributed by atoms with van der Waals surface area (Å²) in [6.07, 6.45) is 0. The van der Waals surface area contributed by atoms with Gasteiger partial charge in [0.2, 0.25) is 0 Å². The highest BCUT2D eigenvalue weighted by Gasteiger charge is 2.14. The van der Waals surface area contributed by atoms with Crippen LogP contribution in [0.15, 0.2) is 33.9 Å². The van der Waals surface area contributed by atoms with Crippen LogP contribution in [-0.2, 0) is 13.1 Å². The zero-order chi connectivity index (χ0) is 14.0. The van der Waals surface area contributed by atoms with E-state index in [0.717, 1.165) is 0 Å². The number of hydrogen-bond acceptors (Lipinski definition) is 3. The van der Waals surface area contributed by atoms with Crippen molar-refractivity contribution in [2.24, 2.45) is 0 Å². The van der Waals surface area contributed by atoms with Crippen LogP contribution in [-0.4, -0.2) is 21.0 Å². The van der Waals surface area contributed by atoms with Crippen molar-refractivity contribution in [3.05, 3.63) is 45.2 Å². The van der Waals surface area contributed by atoms with E-state index in [1.54, 1.807) is 31.4 Å². The van der Waals surface area contributed by atoms with E-state index in [0.29, 0.717) is 24.5 Å². The molecule has 6 nitrogen and oxygen atoms in total. The lowest BCUT2D eigenvalue weighted by atomic mass is 10.3. The molecule has 0 atom stereocenters. The number of ether oxygens (including phenoxy) is 1. The molecule has 19 heavy (non-hydrogen) atoms. The van der Waals surface area contributed by atoms with Gasteiger partial charge in [0.1, 0.15) is 5.75 Å². The Hall–Kier alpha value is -2.24. The number of rotatable bonds is 4. The molecule has 2 aromatic rings. The van der Waals surface area contributed by atoms with Crippen molar-refractivity contribution >= 4 is 0 Å². The summed E-state index contributed by atoms with van der Waals surface area (Å²) in [5.74, 6) is 0.683. The van der Waals surface area contributed by atoms with Gasteiger partial charge >= 0.3 is 11.4 Å². The molecule has 1 heterocycles. The topological polar surface area (TPSA) is 58.2 Å². The molecule has 0 amide bonds. The molecule has 0 saturated carbocycles. The Morgan fingerprint density at radius 3 is 1.79 bits per heavy atom. The Kier molecular flexibility index (Phi) is 3.59. The van der Waals surface area contributed by atoms with Crippen LogP contribution in [0.1, 0.15) is 13.8 Å². The predicted octanol–water partition coefficient (Wildman–Crippen LogP) is 0.849. The van der Waals surface area contributed by atoms with Crippen molar-refractivity contribution in [3.8, 4) is 11.4 Å². The van der Waals surface area contributed by atoms with Gasteiger partial charge in [-0.2, -0.15) is 0 Å². The van der Waals surface area contributed by atoms with Gasteiger partial charge in [-0.15, -0.1) is 0 Å². The van der Waals surface area contributed by atoms with Crippen LogP contribution in [0, 0.1) is 0 Å². The first kappa shape index (κ1) is 13.2. The molecule has 0 bridgehead atoms. The maximum absolute atomic E-state index is 12.2. The van der Waals surface area contributed by atoms with Crippen LogP contribution in [0.25, 0.3) is 5.69 Å². The minimum Gasteiger partial charge on any atom is -0.497 e. The van der Waals surface area contributed by atoms with E-state index < -0.39 is 0 Å². The second kappa shape index (κ2) is 5.17. The van der Waals surface area contributed by atoms with Crippen molar-refractivity contribution in [3.63, 3.8) is 0 Å². The van der Waals surface area contributed by atoms with Gasteiger partial charge in [0, 0.05) is 13.1 Å². The largest absolute Gasteiger partial charge is 0.497 e. The molecular formula is C13H17N3O3. The smallest absolute Gasteiger partial charge is 0.351 e. The minimum atomic E-state index is -0.320. The van der Waals surface area contributed by atoms with E-state index in [2.05, 4.69) is 0 Å². The predicted molar refractivity (Wildman–Crippen MR) is 72.2 cm³/mol. The van der Waals surface area contributed by atoms with E-state index in [-0.39, 0.29) is 11.4 Å². The molecule has 6 heteroatoms. The summed E-state index contributed by atoms with van der Waals surface area (Å²) in [7, 11) is 1.57. The second-order valence-electron chi connectivity index (χ2n) is 4.03. The van der Waals surface area contributed by atoms with Gasteiger partial charge in [-0.25, -0.2) is 23.5 Å². The monoisotopic (exact) mass is 263 g/mol. The van der Waals surface area contributed by atoms with E-state index in [4.69, 9.17) is 4.74 Å². The summed E-state index contributed by atoms with van der Waals surface area (Å²) in [6.45, 7) is 4.60. The van der Waals surface area contributed by atoms with Gasteiger partial charge in [0.05, 0.1) is 12.8 Å². The Morgan fingerprint density at radius 2 is 1.42 bits per heavy atom. The van der Waals surface area contributed by atoms with E-state index in [1.165, 1.54) is 13.9 Å². The Bertz CT molecular complexity index is 641. The van der Waals surface area contributed by atoms with Crippen molar-refractivity contribution in [2.75, 3.05) is 7.11 Å². The molecule has 0 fully saturated rings. The molecule has 0 aliphatic rings. The minimum absolute atomic E-state index is 0.320. The van der Waals surface area contributed by atoms with Crippen LogP contribution in [0.3, 0.4) is 0 Å². The first-order chi connectivity index (χ1) is 9.13. The van der Waals surface area contributed by atoms with E-state index >= 15 is 0 Å². The quantitative estimate of drug-likeness (QED) is 0.821. The van der Waals surface area contributed by atoms with Crippen LogP contribution < -0.4 is 16.1 Å². The highest BCUT2D eigenvalue weighted by Crippen LogP contribution is 2.12. The fourth-order valence-electron chi connectivity index (χ4n) is 2.08. The van der Waals surface area contributed by atoms with Gasteiger partial charge < -0.3 is 4.74 Å². The summed E-state index contributed by atoms with van der Waals surface area (Å²) in [6, 6.07) is 6.84. The lowest BCUT2D eigenvalue weighted by molar-refractivity contribution is 0.414. The summed E-state index contributed by atoms with van der Waals surface area (Å²) in [5, 5.41) is 0. The summed E-state index contributed by atoms with van der Waals surface area (Å²) >= 11 is 0. The standard InChI is InChI=1S/C13H17N3O3/c1-4-14-12(17)16(13(18)15(14)5-2)10-6-8-11(19-3)9-7-10/h6-9H,4-5H2,1-3H3. The number of nitrogens with zero attached hydrogens (tertiary/aromatic N) is 3.